The largest absolute Gasteiger partial charge is 0.485 e. The number of benzene rings is 1. The fourth-order valence-corrected chi connectivity index (χ4v) is 5.27. The number of aromatic nitrogens is 1. The lowest BCUT2D eigenvalue weighted by Gasteiger charge is -2.35. The van der Waals surface area contributed by atoms with Crippen molar-refractivity contribution in [2.24, 2.45) is 5.41 Å². The van der Waals surface area contributed by atoms with Gasteiger partial charge in [0.1, 0.15) is 23.4 Å². The van der Waals surface area contributed by atoms with E-state index in [2.05, 4.69) is 15.6 Å². The first kappa shape index (κ1) is 30.5. The van der Waals surface area contributed by atoms with Crippen LogP contribution in [0, 0.1) is 12.3 Å². The smallest absolute Gasteiger partial charge is 0.246 e. The number of carbonyl (C=O) groups excluding carboxylic acids is 3. The maximum atomic E-state index is 13.5. The van der Waals surface area contributed by atoms with Crippen LogP contribution in [0.1, 0.15) is 59.2 Å². The zero-order chi connectivity index (χ0) is 29.1. The van der Waals surface area contributed by atoms with Gasteiger partial charge in [-0.3, -0.25) is 14.4 Å². The summed E-state index contributed by atoms with van der Waals surface area (Å²) in [5.74, 6) is -0.658. The number of amides is 3. The Morgan fingerprint density at radius 2 is 1.92 bits per heavy atom. The van der Waals surface area contributed by atoms with Crippen LogP contribution in [0.25, 0.3) is 10.4 Å². The number of hydrogen-bond acceptors (Lipinski definition) is 8. The number of aliphatic hydroxyl groups is 2. The molecule has 1 aromatic carbocycles. The van der Waals surface area contributed by atoms with Crippen molar-refractivity contribution >= 4 is 29.1 Å². The highest BCUT2D eigenvalue weighted by molar-refractivity contribution is 7.13. The molecule has 0 bridgehead atoms. The van der Waals surface area contributed by atoms with E-state index in [1.54, 1.807) is 19.4 Å². The predicted octanol–water partition coefficient (Wildman–Crippen LogP) is 2.40. The maximum absolute atomic E-state index is 13.5. The van der Waals surface area contributed by atoms with Crippen LogP contribution in [0.5, 0.6) is 5.75 Å². The minimum absolute atomic E-state index is 0.00499. The minimum atomic E-state index is -0.886. The second-order valence-corrected chi connectivity index (χ2v) is 12.6. The van der Waals surface area contributed by atoms with E-state index >= 15 is 0 Å². The molecule has 1 aromatic heterocycles. The van der Waals surface area contributed by atoms with Crippen LogP contribution in [0.3, 0.4) is 0 Å². The molecule has 0 aliphatic carbocycles. The number of nitrogens with one attached hydrogen (secondary N) is 2. The number of rotatable bonds is 9. The topological polar surface area (TPSA) is 141 Å². The van der Waals surface area contributed by atoms with Gasteiger partial charge < -0.3 is 30.5 Å². The predicted molar refractivity (Wildman–Crippen MR) is 149 cm³/mol. The van der Waals surface area contributed by atoms with Gasteiger partial charge in [-0.1, -0.05) is 32.9 Å². The van der Waals surface area contributed by atoms with Crippen molar-refractivity contribution in [2.75, 3.05) is 13.2 Å². The molecule has 0 spiro atoms. The molecule has 4 N–H and O–H groups in total. The Labute approximate surface area is 233 Å². The Morgan fingerprint density at radius 3 is 2.49 bits per heavy atom. The van der Waals surface area contributed by atoms with E-state index in [1.165, 1.54) is 23.2 Å². The summed E-state index contributed by atoms with van der Waals surface area (Å²) < 4.78 is 6.14. The van der Waals surface area contributed by atoms with E-state index in [-0.39, 0.29) is 32.0 Å². The lowest BCUT2D eigenvalue weighted by molar-refractivity contribution is -0.143. The number of aryl methyl sites for hydroxylation is 1. The summed E-state index contributed by atoms with van der Waals surface area (Å²) in [4.78, 5) is 45.2. The Balaban J connectivity index is 1.82. The Hall–Kier alpha value is -3.02. The van der Waals surface area contributed by atoms with Gasteiger partial charge in [0.2, 0.25) is 17.7 Å². The molecule has 11 heteroatoms. The summed E-state index contributed by atoms with van der Waals surface area (Å²) in [6, 6.07) is 3.92. The van der Waals surface area contributed by atoms with Gasteiger partial charge >= 0.3 is 0 Å². The molecule has 2 aromatic rings. The molecule has 0 radical (unpaired) electrons. The molecule has 3 amide bonds. The number of aliphatic hydroxyl groups excluding tert-OH is 2. The third kappa shape index (κ3) is 7.55. The van der Waals surface area contributed by atoms with Gasteiger partial charge in [-0.15, -0.1) is 11.3 Å². The van der Waals surface area contributed by atoms with Gasteiger partial charge in [0.05, 0.1) is 28.8 Å². The van der Waals surface area contributed by atoms with Crippen LogP contribution in [-0.4, -0.2) is 74.8 Å². The molecule has 214 valence electrons. The fourth-order valence-electron chi connectivity index (χ4n) is 4.47. The lowest BCUT2D eigenvalue weighted by atomic mass is 9.85. The number of hydrogen-bond donors (Lipinski definition) is 4. The number of nitrogens with zero attached hydrogens (tertiary/aromatic N) is 2. The molecule has 3 rings (SSSR count). The molecule has 1 unspecified atom stereocenters. The summed E-state index contributed by atoms with van der Waals surface area (Å²) in [5, 5.41) is 25.7. The minimum Gasteiger partial charge on any atom is -0.485 e. The Bertz CT molecular complexity index is 1200. The first-order chi connectivity index (χ1) is 18.1. The normalized spacial score (nSPS) is 18.5. The number of carbonyl (C=O) groups is 3. The molecule has 1 aliphatic heterocycles. The van der Waals surface area contributed by atoms with Crippen molar-refractivity contribution in [3.8, 4) is 16.2 Å². The Kier molecular flexibility index (Phi) is 9.40. The van der Waals surface area contributed by atoms with Crippen molar-refractivity contribution in [3.05, 3.63) is 35.0 Å². The van der Waals surface area contributed by atoms with Crippen molar-refractivity contribution in [3.63, 3.8) is 0 Å². The van der Waals surface area contributed by atoms with Crippen LogP contribution in [0.15, 0.2) is 23.7 Å². The number of β-amino-alcohol motifs (C(OH)–C–C–N with tert-alkyl or cyclic N) is 1. The van der Waals surface area contributed by atoms with Gasteiger partial charge in [-0.25, -0.2) is 4.98 Å². The van der Waals surface area contributed by atoms with E-state index in [0.29, 0.717) is 11.3 Å². The molecule has 1 saturated heterocycles. The highest BCUT2D eigenvalue weighted by Gasteiger charge is 2.44. The third-order valence-corrected chi connectivity index (χ3v) is 7.60. The van der Waals surface area contributed by atoms with E-state index in [4.69, 9.17) is 4.74 Å². The second-order valence-electron chi connectivity index (χ2n) is 11.7. The number of ether oxygens (including phenoxy) is 1. The molecule has 2 heterocycles. The van der Waals surface area contributed by atoms with Crippen molar-refractivity contribution in [1.29, 1.82) is 0 Å². The second kappa shape index (κ2) is 12.0. The summed E-state index contributed by atoms with van der Waals surface area (Å²) in [6.45, 7) is 12.2. The van der Waals surface area contributed by atoms with Gasteiger partial charge in [-0.05, 0) is 37.8 Å². The third-order valence-electron chi connectivity index (χ3n) is 6.62. The average molecular weight is 561 g/mol. The highest BCUT2D eigenvalue weighted by atomic mass is 32.1. The van der Waals surface area contributed by atoms with Crippen molar-refractivity contribution < 1.29 is 29.3 Å². The molecule has 1 fully saturated rings. The van der Waals surface area contributed by atoms with Crippen LogP contribution >= 0.6 is 11.3 Å². The zero-order valence-electron chi connectivity index (χ0n) is 23.7. The van der Waals surface area contributed by atoms with Gasteiger partial charge in [0, 0.05) is 32.0 Å². The molecular formula is C28H40N4O6S. The first-order valence-corrected chi connectivity index (χ1v) is 13.9. The van der Waals surface area contributed by atoms with Crippen LogP contribution in [-0.2, 0) is 20.9 Å². The fraction of sp³-hybridized carbons (Fsp3) is 0.571. The monoisotopic (exact) mass is 560 g/mol. The van der Waals surface area contributed by atoms with E-state index in [1.807, 2.05) is 45.9 Å². The molecular weight excluding hydrogens is 520 g/mol. The van der Waals surface area contributed by atoms with Crippen LogP contribution in [0.4, 0.5) is 0 Å². The Morgan fingerprint density at radius 1 is 1.23 bits per heavy atom. The SMILES string of the molecule is CC(=O)NC(C(=O)N1C[C@H](O)C[C@H]1C(=O)NCc1ccc(-c2scnc2C)cc1OC(C)(C)CO)C(C)(C)C. The van der Waals surface area contributed by atoms with Crippen molar-refractivity contribution in [2.45, 2.75) is 85.2 Å². The molecule has 0 saturated carbocycles. The maximum Gasteiger partial charge on any atom is 0.246 e. The first-order valence-electron chi connectivity index (χ1n) is 13.0. The van der Waals surface area contributed by atoms with E-state index in [9.17, 15) is 24.6 Å². The molecule has 10 nitrogen and oxygen atoms in total. The number of thiazole rings is 1. The number of likely N-dealkylation sites (tertiary alicyclic amines) is 1. The molecule has 39 heavy (non-hydrogen) atoms. The van der Waals surface area contributed by atoms with Gasteiger partial charge in [0.25, 0.3) is 0 Å². The molecule has 1 aliphatic rings. The summed E-state index contributed by atoms with van der Waals surface area (Å²) in [7, 11) is 0. The van der Waals surface area contributed by atoms with E-state index < -0.39 is 41.0 Å². The van der Waals surface area contributed by atoms with Crippen LogP contribution in [0.2, 0.25) is 0 Å². The summed E-state index contributed by atoms with van der Waals surface area (Å²) in [5.41, 5.74) is 2.82. The average Bonchev–Trinajstić information content (AvgIpc) is 3.45. The summed E-state index contributed by atoms with van der Waals surface area (Å²) in [6.07, 6.45) is -0.757. The van der Waals surface area contributed by atoms with Gasteiger partial charge in [-0.2, -0.15) is 0 Å². The highest BCUT2D eigenvalue weighted by Crippen LogP contribution is 2.34. The van der Waals surface area contributed by atoms with E-state index in [0.717, 1.165) is 16.1 Å². The van der Waals surface area contributed by atoms with Crippen LogP contribution < -0.4 is 15.4 Å². The van der Waals surface area contributed by atoms with Gasteiger partial charge in [0.15, 0.2) is 0 Å². The summed E-state index contributed by atoms with van der Waals surface area (Å²) >= 11 is 1.51. The quantitative estimate of drug-likeness (QED) is 0.369. The zero-order valence-corrected chi connectivity index (χ0v) is 24.5. The lowest BCUT2D eigenvalue weighted by Crippen LogP contribution is -2.57. The standard InChI is InChI=1S/C28H40N4O6S/c1-16-23(39-15-30-16)18-8-9-19(22(10-18)38-28(6,7)14-33)12-29-25(36)21-11-20(35)13-32(21)26(37)24(27(3,4)5)31-17(2)34/h8-10,15,20-21,24,33,35H,11-14H2,1-7H3,(H,29,36)(H,31,34)/t20-,21+,24?/m1/s1. The molecule has 3 atom stereocenters. The van der Waals surface area contributed by atoms with Crippen molar-refractivity contribution in [1.82, 2.24) is 20.5 Å².